The molecule has 2 saturated carbocycles. The monoisotopic (exact) mass is 315 g/mol. The molecular weight excluding hydrogens is 290 g/mol. The van der Waals surface area contributed by atoms with Crippen molar-refractivity contribution in [3.63, 3.8) is 0 Å². The van der Waals surface area contributed by atoms with Gasteiger partial charge in [0.25, 0.3) is 0 Å². The average Bonchev–Trinajstić information content (AvgIpc) is 3.18. The predicted molar refractivity (Wildman–Crippen MR) is 87.9 cm³/mol. The predicted octanol–water partition coefficient (Wildman–Crippen LogP) is 3.01. The Hall–Kier alpha value is -1.84. The van der Waals surface area contributed by atoms with E-state index >= 15 is 0 Å². The zero-order chi connectivity index (χ0) is 16.2. The SMILES string of the molecule is O=C(O)[C@@H]1CC[C@H](C(=O)NC2CCCC2Cc2ccccc2)C1. The Morgan fingerprint density at radius 1 is 1.04 bits per heavy atom. The van der Waals surface area contributed by atoms with Crippen LogP contribution in [0.2, 0.25) is 0 Å². The van der Waals surface area contributed by atoms with Crippen molar-refractivity contribution < 1.29 is 14.7 Å². The van der Waals surface area contributed by atoms with Crippen LogP contribution in [0.15, 0.2) is 30.3 Å². The van der Waals surface area contributed by atoms with E-state index in [0.29, 0.717) is 25.2 Å². The summed E-state index contributed by atoms with van der Waals surface area (Å²) in [7, 11) is 0. The van der Waals surface area contributed by atoms with Gasteiger partial charge in [0.1, 0.15) is 0 Å². The van der Waals surface area contributed by atoms with E-state index in [1.807, 2.05) is 6.07 Å². The van der Waals surface area contributed by atoms with Crippen LogP contribution in [-0.4, -0.2) is 23.0 Å². The first kappa shape index (κ1) is 16.0. The first-order valence-electron chi connectivity index (χ1n) is 8.70. The van der Waals surface area contributed by atoms with Gasteiger partial charge in [-0.15, -0.1) is 0 Å². The molecule has 2 fully saturated rings. The first-order chi connectivity index (χ1) is 11.1. The lowest BCUT2D eigenvalue weighted by atomic mass is 9.94. The first-order valence-corrected chi connectivity index (χ1v) is 8.70. The fourth-order valence-corrected chi connectivity index (χ4v) is 4.13. The molecule has 2 aliphatic rings. The van der Waals surface area contributed by atoms with Gasteiger partial charge in [-0.1, -0.05) is 36.8 Å². The second-order valence-corrected chi connectivity index (χ2v) is 7.04. The van der Waals surface area contributed by atoms with Crippen molar-refractivity contribution in [1.82, 2.24) is 5.32 Å². The van der Waals surface area contributed by atoms with Gasteiger partial charge in [0.2, 0.25) is 5.91 Å². The van der Waals surface area contributed by atoms with Crippen LogP contribution >= 0.6 is 0 Å². The quantitative estimate of drug-likeness (QED) is 0.878. The van der Waals surface area contributed by atoms with Crippen molar-refractivity contribution >= 4 is 11.9 Å². The van der Waals surface area contributed by atoms with Gasteiger partial charge in [0.05, 0.1) is 5.92 Å². The Bertz CT molecular complexity index is 557. The molecule has 0 heterocycles. The number of hydrogen-bond donors (Lipinski definition) is 2. The molecule has 2 unspecified atom stereocenters. The lowest BCUT2D eigenvalue weighted by molar-refractivity contribution is -0.141. The molecule has 3 rings (SSSR count). The fourth-order valence-electron chi connectivity index (χ4n) is 4.13. The number of carbonyl (C=O) groups is 2. The van der Waals surface area contributed by atoms with E-state index in [1.54, 1.807) is 0 Å². The highest BCUT2D eigenvalue weighted by Gasteiger charge is 2.36. The van der Waals surface area contributed by atoms with Crippen LogP contribution in [0.1, 0.15) is 44.1 Å². The fraction of sp³-hybridized carbons (Fsp3) is 0.579. The highest BCUT2D eigenvalue weighted by atomic mass is 16.4. The third-order valence-corrected chi connectivity index (χ3v) is 5.48. The van der Waals surface area contributed by atoms with Crippen molar-refractivity contribution in [2.24, 2.45) is 17.8 Å². The van der Waals surface area contributed by atoms with Gasteiger partial charge >= 0.3 is 5.97 Å². The molecule has 0 saturated heterocycles. The average molecular weight is 315 g/mol. The van der Waals surface area contributed by atoms with Crippen LogP contribution in [-0.2, 0) is 16.0 Å². The Labute approximate surface area is 137 Å². The number of carboxylic acid groups (broad SMARTS) is 1. The third kappa shape index (κ3) is 3.92. The molecule has 2 N–H and O–H groups in total. The molecule has 0 radical (unpaired) electrons. The van der Waals surface area contributed by atoms with E-state index in [1.165, 1.54) is 5.56 Å². The Balaban J connectivity index is 1.54. The van der Waals surface area contributed by atoms with Crippen molar-refractivity contribution in [1.29, 1.82) is 0 Å². The number of rotatable bonds is 5. The Morgan fingerprint density at radius 3 is 2.48 bits per heavy atom. The largest absolute Gasteiger partial charge is 0.481 e. The summed E-state index contributed by atoms with van der Waals surface area (Å²) in [6.45, 7) is 0. The molecule has 1 aromatic rings. The summed E-state index contributed by atoms with van der Waals surface area (Å²) < 4.78 is 0. The van der Waals surface area contributed by atoms with E-state index in [4.69, 9.17) is 5.11 Å². The van der Waals surface area contributed by atoms with E-state index in [0.717, 1.165) is 25.7 Å². The van der Waals surface area contributed by atoms with Crippen molar-refractivity contribution in [3.05, 3.63) is 35.9 Å². The maximum absolute atomic E-state index is 12.5. The van der Waals surface area contributed by atoms with Gasteiger partial charge in [0, 0.05) is 12.0 Å². The van der Waals surface area contributed by atoms with Gasteiger partial charge in [-0.25, -0.2) is 0 Å². The van der Waals surface area contributed by atoms with E-state index in [-0.39, 0.29) is 23.8 Å². The minimum atomic E-state index is -0.761. The third-order valence-electron chi connectivity index (χ3n) is 5.48. The second-order valence-electron chi connectivity index (χ2n) is 7.04. The lowest BCUT2D eigenvalue weighted by Gasteiger charge is -2.23. The zero-order valence-electron chi connectivity index (χ0n) is 13.4. The standard InChI is InChI=1S/C19H25NO3/c21-18(15-9-10-16(12-15)19(22)23)20-17-8-4-7-14(17)11-13-5-2-1-3-6-13/h1-3,5-6,14-17H,4,7-12H2,(H,20,21)(H,22,23)/t14?,15-,16+,17?/m0/s1. The summed E-state index contributed by atoms with van der Waals surface area (Å²) >= 11 is 0. The highest BCUT2D eigenvalue weighted by Crippen LogP contribution is 2.33. The number of carboxylic acids is 1. The molecule has 124 valence electrons. The van der Waals surface area contributed by atoms with Crippen LogP contribution in [0.5, 0.6) is 0 Å². The molecule has 0 aromatic heterocycles. The summed E-state index contributed by atoms with van der Waals surface area (Å²) in [6, 6.07) is 10.7. The molecule has 0 spiro atoms. The van der Waals surface area contributed by atoms with Gasteiger partial charge < -0.3 is 10.4 Å². The van der Waals surface area contributed by atoms with E-state index < -0.39 is 5.97 Å². The van der Waals surface area contributed by atoms with Crippen molar-refractivity contribution in [2.45, 2.75) is 51.0 Å². The number of aliphatic carboxylic acids is 1. The topological polar surface area (TPSA) is 66.4 Å². The number of amides is 1. The molecule has 4 heteroatoms. The number of benzene rings is 1. The van der Waals surface area contributed by atoms with E-state index in [2.05, 4.69) is 29.6 Å². The summed E-state index contributed by atoms with van der Waals surface area (Å²) in [6.07, 6.45) is 6.20. The molecule has 1 aromatic carbocycles. The Kier molecular flexibility index (Phi) is 4.99. The molecule has 23 heavy (non-hydrogen) atoms. The van der Waals surface area contributed by atoms with Gasteiger partial charge in [-0.2, -0.15) is 0 Å². The zero-order valence-corrected chi connectivity index (χ0v) is 13.4. The number of hydrogen-bond acceptors (Lipinski definition) is 2. The molecule has 4 atom stereocenters. The maximum Gasteiger partial charge on any atom is 0.306 e. The van der Waals surface area contributed by atoms with Crippen LogP contribution in [0.25, 0.3) is 0 Å². The van der Waals surface area contributed by atoms with Crippen LogP contribution in [0.3, 0.4) is 0 Å². The molecule has 2 aliphatic carbocycles. The Morgan fingerprint density at radius 2 is 1.78 bits per heavy atom. The van der Waals surface area contributed by atoms with Gasteiger partial charge in [-0.05, 0) is 50.0 Å². The summed E-state index contributed by atoms with van der Waals surface area (Å²) in [5.41, 5.74) is 1.32. The van der Waals surface area contributed by atoms with Crippen LogP contribution < -0.4 is 5.32 Å². The van der Waals surface area contributed by atoms with Crippen LogP contribution in [0.4, 0.5) is 0 Å². The van der Waals surface area contributed by atoms with Crippen LogP contribution in [0, 0.1) is 17.8 Å². The van der Waals surface area contributed by atoms with E-state index in [9.17, 15) is 9.59 Å². The molecule has 4 nitrogen and oxygen atoms in total. The lowest BCUT2D eigenvalue weighted by Crippen LogP contribution is -2.41. The minimum Gasteiger partial charge on any atom is -0.481 e. The minimum absolute atomic E-state index is 0.0683. The molecular formula is C19H25NO3. The van der Waals surface area contributed by atoms with Gasteiger partial charge in [0.15, 0.2) is 0 Å². The summed E-state index contributed by atoms with van der Waals surface area (Å²) in [5, 5.41) is 12.3. The van der Waals surface area contributed by atoms with Gasteiger partial charge in [-0.3, -0.25) is 9.59 Å². The maximum atomic E-state index is 12.5. The van der Waals surface area contributed by atoms with Crippen molar-refractivity contribution in [2.75, 3.05) is 0 Å². The number of nitrogens with one attached hydrogen (secondary N) is 1. The second kappa shape index (κ2) is 7.16. The van der Waals surface area contributed by atoms with Crippen molar-refractivity contribution in [3.8, 4) is 0 Å². The molecule has 0 bridgehead atoms. The number of carbonyl (C=O) groups excluding carboxylic acids is 1. The summed E-state index contributed by atoms with van der Waals surface area (Å²) in [4.78, 5) is 23.5. The smallest absolute Gasteiger partial charge is 0.306 e. The highest BCUT2D eigenvalue weighted by molar-refractivity contribution is 5.81. The normalized spacial score (nSPS) is 30.3. The molecule has 0 aliphatic heterocycles. The summed E-state index contributed by atoms with van der Waals surface area (Å²) in [5.74, 6) is -0.650. The molecule has 1 amide bonds.